The van der Waals surface area contributed by atoms with Crippen molar-refractivity contribution in [3.05, 3.63) is 119 Å². The minimum Gasteiger partial charge on any atom is -1.00 e. The summed E-state index contributed by atoms with van der Waals surface area (Å²) in [7, 11) is 10.7. The van der Waals surface area contributed by atoms with Crippen molar-refractivity contribution in [2.75, 3.05) is 83.6 Å². The number of carbonyl (C=O) groups is 2. The summed E-state index contributed by atoms with van der Waals surface area (Å²) in [5, 5.41) is 13.4. The van der Waals surface area contributed by atoms with E-state index in [1.807, 2.05) is 87.0 Å². The van der Waals surface area contributed by atoms with Gasteiger partial charge in [0.2, 0.25) is 0 Å². The van der Waals surface area contributed by atoms with Crippen molar-refractivity contribution in [3.8, 4) is 0 Å². The van der Waals surface area contributed by atoms with Gasteiger partial charge >= 0.3 is 0 Å². The molecular weight excluding hydrogens is 806 g/mol. The van der Waals surface area contributed by atoms with Gasteiger partial charge in [-0.15, -0.1) is 0 Å². The Bertz CT molecular complexity index is 1810. The second-order valence-corrected chi connectivity index (χ2v) is 14.7. The highest BCUT2D eigenvalue weighted by Gasteiger charge is 2.33. The highest BCUT2D eigenvalue weighted by molar-refractivity contribution is 6.31. The lowest BCUT2D eigenvalue weighted by Gasteiger charge is -2.30. The Morgan fingerprint density at radius 1 is 0.667 bits per heavy atom. The fourth-order valence-corrected chi connectivity index (χ4v) is 6.75. The number of pyridine rings is 1. The number of rotatable bonds is 20. The maximum absolute atomic E-state index is 14.0. The molecule has 1 heterocycles. The Morgan fingerprint density at radius 2 is 1.24 bits per heavy atom. The average Bonchev–Trinajstić information content (AvgIpc) is 3.15. The highest BCUT2D eigenvalue weighted by Crippen LogP contribution is 2.35. The number of hydrogen-bond acceptors (Lipinski definition) is 7. The average molecular weight is 864 g/mol. The van der Waals surface area contributed by atoms with Crippen LogP contribution in [0.4, 0.5) is 17.1 Å². The van der Waals surface area contributed by atoms with E-state index in [1.165, 1.54) is 19.3 Å². The summed E-state index contributed by atoms with van der Waals surface area (Å²) in [5.74, 6) is -0.181. The van der Waals surface area contributed by atoms with Crippen LogP contribution in [0.5, 0.6) is 0 Å². The number of fused-ring (bicyclic) bond motifs is 2. The lowest BCUT2D eigenvalue weighted by atomic mass is 9.82. The lowest BCUT2D eigenvalue weighted by molar-refractivity contribution is -0.890. The summed E-state index contributed by atoms with van der Waals surface area (Å²) in [6.45, 7) is 5.60. The first-order chi connectivity index (χ1) is 25.1. The van der Waals surface area contributed by atoms with Crippen LogP contribution in [0.25, 0.3) is 0 Å². The number of anilines is 3. The molecule has 0 aliphatic heterocycles. The van der Waals surface area contributed by atoms with Gasteiger partial charge in [-0.25, -0.2) is 4.57 Å². The number of nitrogens with one attached hydrogen (secondary N) is 2. The number of ketones is 2. The Morgan fingerprint density at radius 3 is 1.85 bits per heavy atom. The van der Waals surface area contributed by atoms with Gasteiger partial charge in [-0.2, -0.15) is 5.10 Å². The van der Waals surface area contributed by atoms with E-state index in [0.29, 0.717) is 22.3 Å². The molecule has 0 amide bonds. The van der Waals surface area contributed by atoms with Crippen LogP contribution in [0.2, 0.25) is 0 Å². The molecule has 4 aromatic rings. The summed E-state index contributed by atoms with van der Waals surface area (Å²) >= 11 is 0. The number of halogens is 2. The first-order valence-electron chi connectivity index (χ1n) is 18.7. The molecule has 5 rings (SSSR count). The molecule has 0 saturated carbocycles. The number of carbonyl (C=O) groups excluding carboxylic acids is 2. The van der Waals surface area contributed by atoms with Crippen LogP contribution in [0.15, 0.2) is 96.4 Å². The molecule has 9 nitrogen and oxygen atoms in total. The predicted octanol–water partition coefficient (Wildman–Crippen LogP) is 0.730. The number of nitrogens with zero attached hydrogens (tertiary/aromatic N) is 5. The standard InChI is InChI=1S/C43H56N7O2.2BrH/c1-47(2)27-15-25-44-38-21-13-19-36-40(38)43(52)41-37(42(36)51)20-14-22-39(41)45-26-16-32-50(4,5)31-12-7-6-11-28-49-29-23-34(24-30-49)33-46-48(3)35-17-9-8-10-18-35;;/h8-10,13-14,17-24,29-30,33H,6-7,11-12,15-16,25-28,31-32H2,1-5H3,(H-,44,45,52);2*1H/q+1;;/p-1. The number of aromatic nitrogens is 1. The van der Waals surface area contributed by atoms with Gasteiger partial charge in [0.05, 0.1) is 50.2 Å². The van der Waals surface area contributed by atoms with Gasteiger partial charge in [0.15, 0.2) is 24.0 Å². The first-order valence-corrected chi connectivity index (χ1v) is 18.7. The maximum atomic E-state index is 14.0. The zero-order valence-corrected chi connectivity index (χ0v) is 35.7. The van der Waals surface area contributed by atoms with Crippen molar-refractivity contribution in [3.63, 3.8) is 0 Å². The van der Waals surface area contributed by atoms with Crippen LogP contribution in [-0.4, -0.2) is 95.1 Å². The summed E-state index contributed by atoms with van der Waals surface area (Å²) in [6, 6.07) is 25.5. The number of hydrogen-bond donors (Lipinski definition) is 2. The van der Waals surface area contributed by atoms with Gasteiger partial charge in [-0.05, 0) is 70.6 Å². The fraction of sp³-hybridized carbons (Fsp3) is 0.395. The molecule has 0 atom stereocenters. The molecule has 0 fully saturated rings. The fourth-order valence-electron chi connectivity index (χ4n) is 6.75. The molecule has 0 radical (unpaired) electrons. The summed E-state index contributed by atoms with van der Waals surface area (Å²) in [5.41, 5.74) is 5.56. The number of quaternary nitrogens is 1. The van der Waals surface area contributed by atoms with Gasteiger partial charge in [-0.3, -0.25) is 14.6 Å². The SMILES string of the molecule is CN(C)CCCNc1cccc2c1C(=O)c1c(NCCC[N+](C)(C)CCCCCC[n+]3ccc(/C=N/N(C)c4ccccc4)cc3)cccc1C2=O.[Br-].[Br-]. The third-order valence-electron chi connectivity index (χ3n) is 9.78. The van der Waals surface area contributed by atoms with E-state index in [9.17, 15) is 9.59 Å². The third-order valence-corrected chi connectivity index (χ3v) is 9.78. The van der Waals surface area contributed by atoms with Crippen LogP contribution < -0.4 is 54.2 Å². The van der Waals surface area contributed by atoms with Gasteiger partial charge in [0.25, 0.3) is 0 Å². The van der Waals surface area contributed by atoms with Crippen molar-refractivity contribution in [2.24, 2.45) is 5.10 Å². The molecule has 0 bridgehead atoms. The van der Waals surface area contributed by atoms with Gasteiger partial charge < -0.3 is 54.0 Å². The Kier molecular flexibility index (Phi) is 18.0. The molecule has 1 aliphatic rings. The summed E-state index contributed by atoms with van der Waals surface area (Å²) in [4.78, 5) is 29.6. The molecule has 0 unspecified atom stereocenters. The monoisotopic (exact) mass is 861 g/mol. The van der Waals surface area contributed by atoms with Gasteiger partial charge in [0.1, 0.15) is 6.54 Å². The van der Waals surface area contributed by atoms with Crippen LogP contribution in [0.1, 0.15) is 75.9 Å². The van der Waals surface area contributed by atoms with Gasteiger partial charge in [-0.1, -0.05) is 42.5 Å². The van der Waals surface area contributed by atoms with Gasteiger partial charge in [0, 0.05) is 73.2 Å². The Balaban J connectivity index is 0.00000392. The minimum absolute atomic E-state index is 0. The van der Waals surface area contributed by atoms with Crippen LogP contribution >= 0.6 is 0 Å². The Labute approximate surface area is 343 Å². The van der Waals surface area contributed by atoms with E-state index in [-0.39, 0.29) is 45.5 Å². The molecule has 0 saturated heterocycles. The molecule has 1 aromatic heterocycles. The number of benzene rings is 3. The van der Waals surface area contributed by atoms with E-state index in [0.717, 1.165) is 85.6 Å². The molecule has 1 aliphatic carbocycles. The van der Waals surface area contributed by atoms with Crippen LogP contribution in [-0.2, 0) is 6.54 Å². The van der Waals surface area contributed by atoms with Crippen LogP contribution in [0, 0.1) is 0 Å². The summed E-state index contributed by atoms with van der Waals surface area (Å²) in [6.07, 6.45) is 12.9. The number of para-hydroxylation sites is 1. The van der Waals surface area contributed by atoms with E-state index in [4.69, 9.17) is 0 Å². The van der Waals surface area contributed by atoms with E-state index in [1.54, 1.807) is 12.1 Å². The van der Waals surface area contributed by atoms with E-state index >= 15 is 0 Å². The highest BCUT2D eigenvalue weighted by atomic mass is 79.9. The Hall–Kier alpha value is -3.90. The zero-order chi connectivity index (χ0) is 36.9. The first kappa shape index (κ1) is 44.5. The molecule has 3 aromatic carbocycles. The maximum Gasteiger partial charge on any atom is 0.198 e. The molecule has 290 valence electrons. The molecule has 2 N–H and O–H groups in total. The van der Waals surface area contributed by atoms with E-state index < -0.39 is 0 Å². The number of unbranched alkanes of at least 4 members (excludes halogenated alkanes) is 3. The van der Waals surface area contributed by atoms with Crippen molar-refractivity contribution in [1.29, 1.82) is 0 Å². The predicted molar refractivity (Wildman–Crippen MR) is 214 cm³/mol. The topological polar surface area (TPSA) is 80.9 Å². The molecular formula is C43H57Br2N7O2. The summed E-state index contributed by atoms with van der Waals surface area (Å²) < 4.78 is 3.21. The zero-order valence-electron chi connectivity index (χ0n) is 32.5. The molecule has 11 heteroatoms. The second kappa shape index (κ2) is 21.9. The van der Waals surface area contributed by atoms with E-state index in [2.05, 4.69) is 63.8 Å². The minimum atomic E-state index is -0.0908. The van der Waals surface area contributed by atoms with Crippen molar-refractivity contribution < 1.29 is 52.6 Å². The second-order valence-electron chi connectivity index (χ2n) is 14.7. The number of aryl methyl sites for hydroxylation is 1. The van der Waals surface area contributed by atoms with Crippen molar-refractivity contribution in [2.45, 2.75) is 45.1 Å². The van der Waals surface area contributed by atoms with Crippen molar-refractivity contribution in [1.82, 2.24) is 4.90 Å². The smallest absolute Gasteiger partial charge is 0.198 e. The third kappa shape index (κ3) is 12.6. The lowest BCUT2D eigenvalue weighted by Crippen LogP contribution is -3.00. The van der Waals surface area contributed by atoms with Crippen LogP contribution in [0.3, 0.4) is 0 Å². The van der Waals surface area contributed by atoms with Crippen molar-refractivity contribution >= 4 is 34.8 Å². The normalized spacial score (nSPS) is 12.2. The molecule has 0 spiro atoms. The number of hydrazone groups is 1. The largest absolute Gasteiger partial charge is 1.00 e. The molecule has 54 heavy (non-hydrogen) atoms. The quantitative estimate of drug-likeness (QED) is 0.0396.